The minimum Gasteiger partial charge on any atom is -0.507 e. The number of phenols is 1. The molecule has 1 heterocycles. The van der Waals surface area contributed by atoms with Crippen LogP contribution >= 0.6 is 0 Å². The fraction of sp³-hybridized carbons (Fsp3) is 0.500. The number of hydrogen-bond acceptors (Lipinski definition) is 4. The van der Waals surface area contributed by atoms with Crippen LogP contribution in [0.3, 0.4) is 0 Å². The van der Waals surface area contributed by atoms with E-state index < -0.39 is 6.10 Å². The van der Waals surface area contributed by atoms with Crippen molar-refractivity contribution in [3.05, 3.63) is 23.8 Å². The minimum atomic E-state index is -0.509. The summed E-state index contributed by atoms with van der Waals surface area (Å²) in [7, 11) is 1.51. The van der Waals surface area contributed by atoms with Crippen LogP contribution in [-0.4, -0.2) is 47.3 Å². The number of hydrogen-bond donors (Lipinski definition) is 2. The highest BCUT2D eigenvalue weighted by Gasteiger charge is 2.29. The maximum Gasteiger partial charge on any atom is 0.257 e. The van der Waals surface area contributed by atoms with Crippen molar-refractivity contribution in [3.63, 3.8) is 0 Å². The van der Waals surface area contributed by atoms with Gasteiger partial charge in [-0.15, -0.1) is 0 Å². The average Bonchev–Trinajstić information content (AvgIpc) is 2.41. The topological polar surface area (TPSA) is 70.0 Å². The van der Waals surface area contributed by atoms with Gasteiger partial charge < -0.3 is 19.8 Å². The summed E-state index contributed by atoms with van der Waals surface area (Å²) < 4.78 is 5.05. The molecule has 0 aliphatic carbocycles. The average molecular weight is 265 g/mol. The van der Waals surface area contributed by atoms with Gasteiger partial charge in [0.15, 0.2) is 0 Å². The lowest BCUT2D eigenvalue weighted by Gasteiger charge is -2.34. The van der Waals surface area contributed by atoms with Crippen LogP contribution in [0.1, 0.15) is 23.7 Å². The second kappa shape index (κ2) is 5.48. The number of β-amino-alcohol motifs (C(OH)–C–C–N with tert-alkyl or cyclic N) is 1. The van der Waals surface area contributed by atoms with Crippen molar-refractivity contribution in [2.24, 2.45) is 5.92 Å². The summed E-state index contributed by atoms with van der Waals surface area (Å²) in [6.45, 7) is 2.86. The quantitative estimate of drug-likeness (QED) is 0.844. The van der Waals surface area contributed by atoms with Gasteiger partial charge >= 0.3 is 0 Å². The van der Waals surface area contributed by atoms with Crippen molar-refractivity contribution in [2.45, 2.75) is 19.4 Å². The number of rotatable bonds is 2. The molecule has 2 unspecified atom stereocenters. The van der Waals surface area contributed by atoms with E-state index in [9.17, 15) is 15.0 Å². The van der Waals surface area contributed by atoms with E-state index in [1.165, 1.54) is 19.2 Å². The number of methoxy groups -OCH3 is 1. The normalized spacial score (nSPS) is 23.2. The van der Waals surface area contributed by atoms with E-state index in [2.05, 4.69) is 0 Å². The number of aromatic hydroxyl groups is 1. The van der Waals surface area contributed by atoms with Gasteiger partial charge in [0.05, 0.1) is 18.8 Å². The molecule has 2 atom stereocenters. The summed E-state index contributed by atoms with van der Waals surface area (Å²) in [5.41, 5.74) is 0.209. The molecule has 5 heteroatoms. The molecular formula is C14H19NO4. The van der Waals surface area contributed by atoms with E-state index in [1.54, 1.807) is 11.0 Å². The van der Waals surface area contributed by atoms with E-state index >= 15 is 0 Å². The molecule has 5 nitrogen and oxygen atoms in total. The first-order valence-corrected chi connectivity index (χ1v) is 6.37. The first-order valence-electron chi connectivity index (χ1n) is 6.37. The van der Waals surface area contributed by atoms with Crippen molar-refractivity contribution in [1.82, 2.24) is 4.90 Å². The Kier molecular flexibility index (Phi) is 3.95. The van der Waals surface area contributed by atoms with E-state index in [-0.39, 0.29) is 23.1 Å². The monoisotopic (exact) mass is 265 g/mol. The molecular weight excluding hydrogens is 246 g/mol. The number of likely N-dealkylation sites (tertiary alicyclic amines) is 1. The SMILES string of the molecule is COc1ccc(O)c(C(=O)N2CCC(C)C(O)C2)c1. The van der Waals surface area contributed by atoms with Gasteiger partial charge in [-0.25, -0.2) is 0 Å². The van der Waals surface area contributed by atoms with Gasteiger partial charge in [0.1, 0.15) is 11.5 Å². The zero-order valence-corrected chi connectivity index (χ0v) is 11.2. The zero-order valence-electron chi connectivity index (χ0n) is 11.2. The zero-order chi connectivity index (χ0) is 14.0. The smallest absolute Gasteiger partial charge is 0.257 e. The molecule has 1 aromatic carbocycles. The Bertz CT molecular complexity index is 475. The summed E-state index contributed by atoms with van der Waals surface area (Å²) in [4.78, 5) is 13.9. The number of phenolic OH excluding ortho intramolecular Hbond substituents is 1. The summed E-state index contributed by atoms with van der Waals surface area (Å²) in [6.07, 6.45) is 0.253. The van der Waals surface area contributed by atoms with Crippen molar-refractivity contribution in [1.29, 1.82) is 0 Å². The van der Waals surface area contributed by atoms with Gasteiger partial charge in [0, 0.05) is 13.1 Å². The molecule has 0 saturated carbocycles. The molecule has 1 aliphatic rings. The van der Waals surface area contributed by atoms with Crippen molar-refractivity contribution in [3.8, 4) is 11.5 Å². The lowest BCUT2D eigenvalue weighted by Crippen LogP contribution is -2.45. The highest BCUT2D eigenvalue weighted by Crippen LogP contribution is 2.26. The second-order valence-electron chi connectivity index (χ2n) is 4.97. The number of ether oxygens (including phenoxy) is 1. The van der Waals surface area contributed by atoms with Crippen molar-refractivity contribution >= 4 is 5.91 Å². The number of aliphatic hydroxyl groups is 1. The molecule has 2 rings (SSSR count). The predicted octanol–water partition coefficient (Wildman–Crippen LogP) is 1.24. The number of carbonyl (C=O) groups is 1. The lowest BCUT2D eigenvalue weighted by molar-refractivity contribution is 0.0247. The van der Waals surface area contributed by atoms with Crippen LogP contribution in [0.15, 0.2) is 18.2 Å². The number of piperidine rings is 1. The molecule has 104 valence electrons. The number of aliphatic hydroxyl groups excluding tert-OH is 1. The van der Waals surface area contributed by atoms with Crippen LogP contribution in [0.4, 0.5) is 0 Å². The van der Waals surface area contributed by atoms with E-state index in [0.29, 0.717) is 18.8 Å². The third kappa shape index (κ3) is 2.81. The Hall–Kier alpha value is -1.75. The lowest BCUT2D eigenvalue weighted by atomic mass is 9.95. The standard InChI is InChI=1S/C14H19NO4/c1-9-5-6-15(8-13(9)17)14(18)11-7-10(19-2)3-4-12(11)16/h3-4,7,9,13,16-17H,5-6,8H2,1-2H3. The molecule has 19 heavy (non-hydrogen) atoms. The maximum atomic E-state index is 12.3. The maximum absolute atomic E-state index is 12.3. The van der Waals surface area contributed by atoms with Crippen LogP contribution < -0.4 is 4.74 Å². The van der Waals surface area contributed by atoms with Gasteiger partial charge in [-0.1, -0.05) is 6.92 Å². The molecule has 1 aromatic rings. The number of amides is 1. The van der Waals surface area contributed by atoms with Crippen molar-refractivity contribution in [2.75, 3.05) is 20.2 Å². The molecule has 0 spiro atoms. The number of benzene rings is 1. The summed E-state index contributed by atoms with van der Waals surface area (Å²) in [5, 5.41) is 19.6. The largest absolute Gasteiger partial charge is 0.507 e. The molecule has 0 radical (unpaired) electrons. The van der Waals surface area contributed by atoms with Crippen molar-refractivity contribution < 1.29 is 19.7 Å². The van der Waals surface area contributed by atoms with Crippen LogP contribution in [0.5, 0.6) is 11.5 Å². The predicted molar refractivity (Wildman–Crippen MR) is 70.4 cm³/mol. The molecule has 1 saturated heterocycles. The van der Waals surface area contributed by atoms with Crippen LogP contribution in [0.2, 0.25) is 0 Å². The summed E-state index contributed by atoms with van der Waals surface area (Å²) in [5.74, 6) is 0.372. The number of nitrogens with zero attached hydrogens (tertiary/aromatic N) is 1. The Morgan fingerprint density at radius 2 is 2.21 bits per heavy atom. The molecule has 2 N–H and O–H groups in total. The fourth-order valence-corrected chi connectivity index (χ4v) is 2.22. The Morgan fingerprint density at radius 1 is 1.47 bits per heavy atom. The van der Waals surface area contributed by atoms with Crippen LogP contribution in [0.25, 0.3) is 0 Å². The molecule has 0 aromatic heterocycles. The Morgan fingerprint density at radius 3 is 2.84 bits per heavy atom. The van der Waals surface area contributed by atoms with Gasteiger partial charge in [-0.05, 0) is 30.5 Å². The van der Waals surface area contributed by atoms with E-state index in [1.807, 2.05) is 6.92 Å². The van der Waals surface area contributed by atoms with E-state index in [0.717, 1.165) is 6.42 Å². The van der Waals surface area contributed by atoms with Gasteiger partial charge in [0.2, 0.25) is 0 Å². The molecule has 0 bridgehead atoms. The van der Waals surface area contributed by atoms with Gasteiger partial charge in [-0.2, -0.15) is 0 Å². The third-order valence-corrected chi connectivity index (χ3v) is 3.64. The minimum absolute atomic E-state index is 0.0705. The number of carbonyl (C=O) groups excluding carboxylic acids is 1. The Balaban J connectivity index is 2.20. The highest BCUT2D eigenvalue weighted by molar-refractivity contribution is 5.97. The fourth-order valence-electron chi connectivity index (χ4n) is 2.22. The molecule has 1 fully saturated rings. The first kappa shape index (κ1) is 13.7. The molecule has 1 aliphatic heterocycles. The van der Waals surface area contributed by atoms with Gasteiger partial charge in [0.25, 0.3) is 5.91 Å². The summed E-state index contributed by atoms with van der Waals surface area (Å²) >= 11 is 0. The summed E-state index contributed by atoms with van der Waals surface area (Å²) in [6, 6.07) is 4.55. The molecule has 1 amide bonds. The Labute approximate surface area is 112 Å². The van der Waals surface area contributed by atoms with Crippen LogP contribution in [-0.2, 0) is 0 Å². The third-order valence-electron chi connectivity index (χ3n) is 3.64. The van der Waals surface area contributed by atoms with Crippen LogP contribution in [0, 0.1) is 5.92 Å². The highest BCUT2D eigenvalue weighted by atomic mass is 16.5. The van der Waals surface area contributed by atoms with E-state index in [4.69, 9.17) is 4.74 Å². The van der Waals surface area contributed by atoms with Gasteiger partial charge in [-0.3, -0.25) is 4.79 Å². The second-order valence-corrected chi connectivity index (χ2v) is 4.97. The first-order chi connectivity index (χ1) is 9.02.